The Morgan fingerprint density at radius 1 is 1.30 bits per heavy atom. The molecule has 1 saturated heterocycles. The molecular formula is C18H24N4O4S. The Kier molecular flexibility index (Phi) is 5.61. The summed E-state index contributed by atoms with van der Waals surface area (Å²) in [5.41, 5.74) is 0.417. The average molecular weight is 392 g/mol. The van der Waals surface area contributed by atoms with E-state index in [9.17, 15) is 13.2 Å². The van der Waals surface area contributed by atoms with Gasteiger partial charge in [-0.25, -0.2) is 8.42 Å². The van der Waals surface area contributed by atoms with Crippen LogP contribution in [0.4, 0.5) is 0 Å². The standard InChI is InChI=1S/C18H24N4O4S/c1-12(2)16-20-18(26-21-16)14-5-4-10-22(11-14)27(24,25)15-8-6-13(7-9-15)17(23)19-3/h6-9,12,14H,4-5,10-11H2,1-3H3,(H,19,23). The minimum Gasteiger partial charge on any atom is -0.355 e. The molecule has 27 heavy (non-hydrogen) atoms. The van der Waals surface area contributed by atoms with E-state index in [1.54, 1.807) is 0 Å². The van der Waals surface area contributed by atoms with Gasteiger partial charge in [-0.1, -0.05) is 19.0 Å². The lowest BCUT2D eigenvalue weighted by molar-refractivity contribution is 0.0963. The fourth-order valence-electron chi connectivity index (χ4n) is 3.08. The third-order valence-corrected chi connectivity index (χ3v) is 6.57. The van der Waals surface area contributed by atoms with E-state index in [4.69, 9.17) is 4.52 Å². The van der Waals surface area contributed by atoms with Gasteiger partial charge in [0.15, 0.2) is 5.82 Å². The number of nitrogens with zero attached hydrogens (tertiary/aromatic N) is 3. The van der Waals surface area contributed by atoms with Gasteiger partial charge in [-0.15, -0.1) is 0 Å². The first-order chi connectivity index (χ1) is 12.8. The summed E-state index contributed by atoms with van der Waals surface area (Å²) in [6.45, 7) is 4.71. The maximum absolute atomic E-state index is 13.0. The predicted molar refractivity (Wildman–Crippen MR) is 99.0 cm³/mol. The largest absolute Gasteiger partial charge is 0.355 e. The Bertz CT molecular complexity index is 906. The quantitative estimate of drug-likeness (QED) is 0.835. The van der Waals surface area contributed by atoms with Crippen LogP contribution >= 0.6 is 0 Å². The first-order valence-electron chi connectivity index (χ1n) is 8.98. The highest BCUT2D eigenvalue weighted by molar-refractivity contribution is 7.89. The van der Waals surface area contributed by atoms with Gasteiger partial charge in [-0.3, -0.25) is 4.79 Å². The molecule has 146 valence electrons. The molecule has 0 aliphatic carbocycles. The zero-order valence-electron chi connectivity index (χ0n) is 15.7. The van der Waals surface area contributed by atoms with Crippen LogP contribution in [-0.2, 0) is 10.0 Å². The van der Waals surface area contributed by atoms with Crippen molar-refractivity contribution in [1.82, 2.24) is 19.8 Å². The van der Waals surface area contributed by atoms with Crippen LogP contribution in [0.15, 0.2) is 33.7 Å². The first kappa shape index (κ1) is 19.5. The summed E-state index contributed by atoms with van der Waals surface area (Å²) in [6.07, 6.45) is 1.53. The highest BCUT2D eigenvalue weighted by Gasteiger charge is 2.33. The molecule has 0 saturated carbocycles. The van der Waals surface area contributed by atoms with Crippen LogP contribution in [0.3, 0.4) is 0 Å². The molecule has 0 spiro atoms. The lowest BCUT2D eigenvalue weighted by Gasteiger charge is -2.30. The van der Waals surface area contributed by atoms with Gasteiger partial charge in [0.25, 0.3) is 5.91 Å². The molecule has 2 aromatic rings. The third kappa shape index (κ3) is 4.03. The molecular weight excluding hydrogens is 368 g/mol. The zero-order chi connectivity index (χ0) is 19.6. The number of sulfonamides is 1. The third-order valence-electron chi connectivity index (χ3n) is 4.69. The number of piperidine rings is 1. The number of benzene rings is 1. The maximum Gasteiger partial charge on any atom is 0.251 e. The molecule has 1 unspecified atom stereocenters. The molecule has 9 heteroatoms. The Hall–Kier alpha value is -2.26. The molecule has 1 amide bonds. The summed E-state index contributed by atoms with van der Waals surface area (Å²) in [5.74, 6) is 0.918. The molecule has 2 heterocycles. The lowest BCUT2D eigenvalue weighted by Crippen LogP contribution is -2.39. The van der Waals surface area contributed by atoms with Gasteiger partial charge in [0.05, 0.1) is 10.8 Å². The van der Waals surface area contributed by atoms with Gasteiger partial charge in [0.2, 0.25) is 15.9 Å². The molecule has 0 bridgehead atoms. The van der Waals surface area contributed by atoms with Crippen LogP contribution in [0.5, 0.6) is 0 Å². The summed E-state index contributed by atoms with van der Waals surface area (Å²) >= 11 is 0. The molecule has 1 aliphatic heterocycles. The monoisotopic (exact) mass is 392 g/mol. The molecule has 0 radical (unpaired) electrons. The number of rotatable bonds is 5. The summed E-state index contributed by atoms with van der Waals surface area (Å²) in [7, 11) is -2.12. The highest BCUT2D eigenvalue weighted by Crippen LogP contribution is 2.30. The summed E-state index contributed by atoms with van der Waals surface area (Å²) in [6, 6.07) is 5.96. The Balaban J connectivity index is 1.78. The summed E-state index contributed by atoms with van der Waals surface area (Å²) in [4.78, 5) is 16.2. The number of hydrogen-bond acceptors (Lipinski definition) is 6. The fraction of sp³-hybridized carbons (Fsp3) is 0.500. The molecule has 1 aromatic heterocycles. The van der Waals surface area contributed by atoms with Crippen LogP contribution < -0.4 is 5.32 Å². The van der Waals surface area contributed by atoms with E-state index in [0.717, 1.165) is 12.8 Å². The Labute approximate surface area is 159 Å². The van der Waals surface area contributed by atoms with Gasteiger partial charge in [-0.2, -0.15) is 9.29 Å². The first-order valence-corrected chi connectivity index (χ1v) is 10.4. The van der Waals surface area contributed by atoms with E-state index >= 15 is 0 Å². The number of carbonyl (C=O) groups excluding carboxylic acids is 1. The van der Waals surface area contributed by atoms with Crippen molar-refractivity contribution >= 4 is 15.9 Å². The van der Waals surface area contributed by atoms with Crippen molar-refractivity contribution in [3.63, 3.8) is 0 Å². The second-order valence-corrected chi connectivity index (χ2v) is 8.89. The van der Waals surface area contributed by atoms with Crippen LogP contribution in [0, 0.1) is 0 Å². The maximum atomic E-state index is 13.0. The molecule has 1 aromatic carbocycles. The van der Waals surface area contributed by atoms with Crippen molar-refractivity contribution in [3.8, 4) is 0 Å². The van der Waals surface area contributed by atoms with E-state index in [0.29, 0.717) is 30.4 Å². The molecule has 1 aliphatic rings. The molecule has 1 N–H and O–H groups in total. The van der Waals surface area contributed by atoms with Gasteiger partial charge in [0, 0.05) is 31.6 Å². The second kappa shape index (κ2) is 7.77. The minimum absolute atomic E-state index is 0.112. The van der Waals surface area contributed by atoms with Crippen molar-refractivity contribution in [2.45, 2.75) is 43.4 Å². The number of amides is 1. The van der Waals surface area contributed by atoms with Crippen molar-refractivity contribution in [2.24, 2.45) is 0 Å². The summed E-state index contributed by atoms with van der Waals surface area (Å²) in [5, 5.41) is 6.49. The summed E-state index contributed by atoms with van der Waals surface area (Å²) < 4.78 is 32.8. The molecule has 3 rings (SSSR count). The fourth-order valence-corrected chi connectivity index (χ4v) is 4.61. The van der Waals surface area contributed by atoms with Crippen molar-refractivity contribution in [3.05, 3.63) is 41.5 Å². The van der Waals surface area contributed by atoms with E-state index in [1.165, 1.54) is 35.6 Å². The van der Waals surface area contributed by atoms with Crippen LogP contribution in [0.2, 0.25) is 0 Å². The van der Waals surface area contributed by atoms with Gasteiger partial charge in [0.1, 0.15) is 0 Å². The van der Waals surface area contributed by atoms with Gasteiger partial charge in [-0.05, 0) is 37.1 Å². The minimum atomic E-state index is -3.65. The Morgan fingerprint density at radius 2 is 2.00 bits per heavy atom. The second-order valence-electron chi connectivity index (χ2n) is 6.95. The average Bonchev–Trinajstić information content (AvgIpc) is 3.18. The molecule has 1 atom stereocenters. The topological polar surface area (TPSA) is 105 Å². The highest BCUT2D eigenvalue weighted by atomic mass is 32.2. The van der Waals surface area contributed by atoms with Crippen molar-refractivity contribution in [2.75, 3.05) is 20.1 Å². The van der Waals surface area contributed by atoms with Gasteiger partial charge >= 0.3 is 0 Å². The Morgan fingerprint density at radius 3 is 2.59 bits per heavy atom. The van der Waals surface area contributed by atoms with E-state index in [1.807, 2.05) is 13.8 Å². The number of hydrogen-bond donors (Lipinski definition) is 1. The smallest absolute Gasteiger partial charge is 0.251 e. The van der Waals surface area contributed by atoms with E-state index < -0.39 is 10.0 Å². The SMILES string of the molecule is CNC(=O)c1ccc(S(=O)(=O)N2CCCC(c3nc(C(C)C)no3)C2)cc1. The van der Waals surface area contributed by atoms with Crippen molar-refractivity contribution < 1.29 is 17.7 Å². The normalized spacial score (nSPS) is 18.6. The number of aromatic nitrogens is 2. The number of carbonyl (C=O) groups is 1. The van der Waals surface area contributed by atoms with Crippen LogP contribution in [0.1, 0.15) is 60.6 Å². The van der Waals surface area contributed by atoms with E-state index in [2.05, 4.69) is 15.5 Å². The molecule has 1 fully saturated rings. The van der Waals surface area contributed by atoms with E-state index in [-0.39, 0.29) is 22.6 Å². The van der Waals surface area contributed by atoms with Gasteiger partial charge < -0.3 is 9.84 Å². The van der Waals surface area contributed by atoms with Crippen LogP contribution in [-0.4, -0.2) is 48.9 Å². The zero-order valence-corrected chi connectivity index (χ0v) is 16.5. The lowest BCUT2D eigenvalue weighted by atomic mass is 10.00. The number of nitrogens with one attached hydrogen (secondary N) is 1. The van der Waals surface area contributed by atoms with Crippen molar-refractivity contribution in [1.29, 1.82) is 0 Å². The molecule has 8 nitrogen and oxygen atoms in total. The van der Waals surface area contributed by atoms with Crippen LogP contribution in [0.25, 0.3) is 0 Å². The predicted octanol–water partition coefficient (Wildman–Crippen LogP) is 2.12.